The van der Waals surface area contributed by atoms with Gasteiger partial charge in [0.25, 0.3) is 0 Å². The van der Waals surface area contributed by atoms with Gasteiger partial charge in [-0.2, -0.15) is 8.78 Å². The second kappa shape index (κ2) is 3.57. The van der Waals surface area contributed by atoms with E-state index >= 15 is 0 Å². The Hall–Kier alpha value is -1.71. The van der Waals surface area contributed by atoms with Crippen LogP contribution in [0.2, 0.25) is 0 Å². The van der Waals surface area contributed by atoms with E-state index in [2.05, 4.69) is 15.9 Å². The van der Waals surface area contributed by atoms with Crippen LogP contribution in [0.25, 0.3) is 10.9 Å². The van der Waals surface area contributed by atoms with Crippen LogP contribution in [0, 0.1) is 6.20 Å². The maximum Gasteiger partial charge on any atom is 0.387 e. The minimum absolute atomic E-state index is 0.0429. The van der Waals surface area contributed by atoms with Gasteiger partial charge in [-0.05, 0) is 12.1 Å². The molecule has 0 spiro atoms. The van der Waals surface area contributed by atoms with Crippen LogP contribution in [-0.2, 0) is 0 Å². The smallest absolute Gasteiger partial charge is 0.387 e. The number of fused-ring (bicyclic) bond motifs is 1. The van der Waals surface area contributed by atoms with Gasteiger partial charge in [0, 0.05) is 5.39 Å². The lowest BCUT2D eigenvalue weighted by molar-refractivity contribution is -0.0501. The number of hydrogen-bond acceptors (Lipinski definition) is 2. The highest BCUT2D eigenvalue weighted by molar-refractivity contribution is 5.79. The zero-order valence-electron chi connectivity index (χ0n) is 7.08. The molecule has 0 atom stereocenters. The highest BCUT2D eigenvalue weighted by Crippen LogP contribution is 2.18. The van der Waals surface area contributed by atoms with Crippen LogP contribution < -0.4 is 4.74 Å². The van der Waals surface area contributed by atoms with E-state index in [-0.39, 0.29) is 5.75 Å². The van der Waals surface area contributed by atoms with Crippen molar-refractivity contribution >= 4 is 10.9 Å². The first-order valence-corrected chi connectivity index (χ1v) is 3.98. The van der Waals surface area contributed by atoms with Gasteiger partial charge in [0.2, 0.25) is 0 Å². The molecular weight excluding hydrogens is 188 g/mol. The fraction of sp³-hybridized carbons (Fsp3) is 0.100. The molecule has 0 aliphatic rings. The predicted octanol–water partition coefficient (Wildman–Crippen LogP) is 2.64. The zero-order valence-corrected chi connectivity index (χ0v) is 7.08. The first-order chi connectivity index (χ1) is 6.75. The summed E-state index contributed by atoms with van der Waals surface area (Å²) in [6, 6.07) is 8.65. The van der Waals surface area contributed by atoms with Gasteiger partial charge in [-0.1, -0.05) is 18.2 Å². The molecule has 0 unspecified atom stereocenters. The molecule has 0 fully saturated rings. The van der Waals surface area contributed by atoms with Gasteiger partial charge in [0.05, 0.1) is 5.52 Å². The zero-order chi connectivity index (χ0) is 9.97. The van der Waals surface area contributed by atoms with E-state index in [1.54, 1.807) is 18.2 Å². The lowest BCUT2D eigenvalue weighted by Gasteiger charge is -2.03. The normalized spacial score (nSPS) is 10.8. The van der Waals surface area contributed by atoms with Gasteiger partial charge < -0.3 is 4.74 Å². The van der Waals surface area contributed by atoms with Gasteiger partial charge in [0.15, 0.2) is 5.75 Å². The molecule has 0 aliphatic carbocycles. The van der Waals surface area contributed by atoms with E-state index in [9.17, 15) is 8.78 Å². The summed E-state index contributed by atoms with van der Waals surface area (Å²) in [5, 5.41) is 0.752. The molecular formula is C10H6F2NO. The summed E-state index contributed by atoms with van der Waals surface area (Å²) >= 11 is 0. The Morgan fingerprint density at radius 1 is 1.29 bits per heavy atom. The van der Waals surface area contributed by atoms with E-state index in [0.29, 0.717) is 5.52 Å². The number of halogens is 2. The third-order valence-electron chi connectivity index (χ3n) is 1.73. The van der Waals surface area contributed by atoms with Crippen molar-refractivity contribution in [3.63, 3.8) is 0 Å². The van der Waals surface area contributed by atoms with Crippen molar-refractivity contribution in [3.05, 3.63) is 36.5 Å². The summed E-state index contributed by atoms with van der Waals surface area (Å²) in [6.07, 6.45) is 2.39. The summed E-state index contributed by atoms with van der Waals surface area (Å²) in [7, 11) is 0. The van der Waals surface area contributed by atoms with Crippen molar-refractivity contribution in [3.8, 4) is 5.75 Å². The van der Waals surface area contributed by atoms with Gasteiger partial charge >= 0.3 is 6.61 Å². The molecule has 1 aromatic carbocycles. The van der Waals surface area contributed by atoms with Crippen LogP contribution in [0.15, 0.2) is 30.3 Å². The molecule has 0 saturated heterocycles. The summed E-state index contributed by atoms with van der Waals surface area (Å²) < 4.78 is 27.9. The van der Waals surface area contributed by atoms with E-state index in [1.165, 1.54) is 6.07 Å². The van der Waals surface area contributed by atoms with Gasteiger partial charge in [-0.3, -0.25) is 0 Å². The number of rotatable bonds is 2. The molecule has 1 aromatic heterocycles. The summed E-state index contributed by atoms with van der Waals surface area (Å²) in [4.78, 5) is 3.85. The molecule has 0 aliphatic heterocycles. The van der Waals surface area contributed by atoms with Crippen molar-refractivity contribution in [2.75, 3.05) is 0 Å². The van der Waals surface area contributed by atoms with E-state index < -0.39 is 6.61 Å². The van der Waals surface area contributed by atoms with Crippen LogP contribution in [-0.4, -0.2) is 11.6 Å². The average Bonchev–Trinajstić information content (AvgIpc) is 2.17. The average molecular weight is 194 g/mol. The number of benzene rings is 1. The molecule has 1 radical (unpaired) electrons. The van der Waals surface area contributed by atoms with Gasteiger partial charge in [0.1, 0.15) is 6.20 Å². The van der Waals surface area contributed by atoms with E-state index in [1.807, 2.05) is 6.07 Å². The standard InChI is InChI=1S/C10H6F2NO/c11-10(12)14-8-5-7-3-1-2-4-9(7)13-6-8/h1-5,10H. The summed E-state index contributed by atoms with van der Waals surface area (Å²) in [5.74, 6) is -0.0429. The molecule has 0 amide bonds. The first-order valence-electron chi connectivity index (χ1n) is 3.98. The number of ether oxygens (including phenoxy) is 1. The number of nitrogens with zero attached hydrogens (tertiary/aromatic N) is 1. The Morgan fingerprint density at radius 2 is 2.07 bits per heavy atom. The predicted molar refractivity (Wildman–Crippen MR) is 47.2 cm³/mol. The third-order valence-corrected chi connectivity index (χ3v) is 1.73. The van der Waals surface area contributed by atoms with Crippen LogP contribution in [0.3, 0.4) is 0 Å². The second-order valence-corrected chi connectivity index (χ2v) is 2.67. The highest BCUT2D eigenvalue weighted by Gasteiger charge is 2.05. The van der Waals surface area contributed by atoms with Crippen molar-refractivity contribution in [1.82, 2.24) is 4.98 Å². The van der Waals surface area contributed by atoms with Gasteiger partial charge in [-0.15, -0.1) is 0 Å². The fourth-order valence-corrected chi connectivity index (χ4v) is 1.16. The molecule has 2 rings (SSSR count). The molecule has 2 aromatic rings. The van der Waals surface area contributed by atoms with Crippen LogP contribution in [0.4, 0.5) is 8.78 Å². The topological polar surface area (TPSA) is 22.1 Å². The highest BCUT2D eigenvalue weighted by atomic mass is 19.3. The Bertz CT molecular complexity index is 445. The Morgan fingerprint density at radius 3 is 2.86 bits per heavy atom. The Kier molecular flexibility index (Phi) is 2.26. The van der Waals surface area contributed by atoms with Crippen LogP contribution in [0.1, 0.15) is 0 Å². The van der Waals surface area contributed by atoms with Crippen molar-refractivity contribution in [2.45, 2.75) is 6.61 Å². The van der Waals surface area contributed by atoms with Crippen LogP contribution >= 0.6 is 0 Å². The molecule has 4 heteroatoms. The SMILES string of the molecule is FC(F)Oc1[c]nc2ccccc2c1. The molecule has 0 bridgehead atoms. The summed E-state index contributed by atoms with van der Waals surface area (Å²) in [6.45, 7) is -2.84. The fourth-order valence-electron chi connectivity index (χ4n) is 1.16. The first kappa shape index (κ1) is 8.87. The molecule has 1 heterocycles. The molecule has 14 heavy (non-hydrogen) atoms. The molecule has 2 nitrogen and oxygen atoms in total. The van der Waals surface area contributed by atoms with Crippen molar-refractivity contribution in [2.24, 2.45) is 0 Å². The number of aromatic nitrogens is 1. The molecule has 0 saturated carbocycles. The maximum atomic E-state index is 11.9. The van der Waals surface area contributed by atoms with E-state index in [4.69, 9.17) is 0 Å². The summed E-state index contributed by atoms with van der Waals surface area (Å²) in [5.41, 5.74) is 0.703. The van der Waals surface area contributed by atoms with Crippen molar-refractivity contribution < 1.29 is 13.5 Å². The van der Waals surface area contributed by atoms with E-state index in [0.717, 1.165) is 5.39 Å². The number of para-hydroxylation sites is 1. The minimum Gasteiger partial charge on any atom is -0.432 e. The Labute approximate surface area is 79.1 Å². The third kappa shape index (κ3) is 1.79. The Balaban J connectivity index is 2.41. The lowest BCUT2D eigenvalue weighted by Crippen LogP contribution is -2.02. The molecule has 71 valence electrons. The molecule has 0 N–H and O–H groups in total. The monoisotopic (exact) mass is 194 g/mol. The van der Waals surface area contributed by atoms with Crippen molar-refractivity contribution in [1.29, 1.82) is 0 Å². The largest absolute Gasteiger partial charge is 0.432 e. The quantitative estimate of drug-likeness (QED) is 0.733. The minimum atomic E-state index is -2.84. The lowest BCUT2D eigenvalue weighted by atomic mass is 10.2. The maximum absolute atomic E-state index is 11.9. The van der Waals surface area contributed by atoms with Gasteiger partial charge in [-0.25, -0.2) is 4.98 Å². The second-order valence-electron chi connectivity index (χ2n) is 2.67. The number of pyridine rings is 1. The number of alkyl halides is 2. The number of hydrogen-bond donors (Lipinski definition) is 0. The van der Waals surface area contributed by atoms with Crippen LogP contribution in [0.5, 0.6) is 5.75 Å².